The summed E-state index contributed by atoms with van der Waals surface area (Å²) in [6, 6.07) is 15.5. The maximum atomic E-state index is 12.6. The lowest BCUT2D eigenvalue weighted by atomic mass is 10.1. The maximum absolute atomic E-state index is 12.6. The Labute approximate surface area is 137 Å². The highest BCUT2D eigenvalue weighted by Crippen LogP contribution is 2.25. The van der Waals surface area contributed by atoms with E-state index in [1.54, 1.807) is 20.3 Å². The van der Waals surface area contributed by atoms with Crippen molar-refractivity contribution in [2.45, 2.75) is 19.9 Å². The van der Waals surface area contributed by atoms with Gasteiger partial charge < -0.3 is 14.4 Å². The second-order valence-corrected chi connectivity index (χ2v) is 5.25. The average Bonchev–Trinajstić information content (AvgIpc) is 2.60. The Kier molecular flexibility index (Phi) is 6.03. The van der Waals surface area contributed by atoms with Gasteiger partial charge in [0.05, 0.1) is 20.6 Å². The molecule has 0 heterocycles. The van der Waals surface area contributed by atoms with Gasteiger partial charge in [0, 0.05) is 24.7 Å². The van der Waals surface area contributed by atoms with Crippen LogP contribution in [0.4, 0.5) is 0 Å². The molecule has 1 amide bonds. The Balaban J connectivity index is 2.10. The number of likely N-dealkylation sites (N-methyl/N-ethyl adjacent to an activating group) is 1. The van der Waals surface area contributed by atoms with Gasteiger partial charge in [0.1, 0.15) is 11.5 Å². The lowest BCUT2D eigenvalue weighted by molar-refractivity contribution is -0.130. The zero-order valence-corrected chi connectivity index (χ0v) is 13.9. The van der Waals surface area contributed by atoms with Gasteiger partial charge in [0.15, 0.2) is 0 Å². The van der Waals surface area contributed by atoms with Gasteiger partial charge in [-0.25, -0.2) is 0 Å². The summed E-state index contributed by atoms with van der Waals surface area (Å²) in [6.07, 6.45) is 0.313. The van der Waals surface area contributed by atoms with Gasteiger partial charge in [-0.15, -0.1) is 0 Å². The van der Waals surface area contributed by atoms with Crippen molar-refractivity contribution in [3.63, 3.8) is 0 Å². The molecule has 0 aliphatic rings. The molecule has 23 heavy (non-hydrogen) atoms. The number of amides is 1. The van der Waals surface area contributed by atoms with Crippen molar-refractivity contribution in [1.29, 1.82) is 0 Å². The van der Waals surface area contributed by atoms with Crippen LogP contribution in [-0.4, -0.2) is 31.6 Å². The molecule has 0 saturated heterocycles. The summed E-state index contributed by atoms with van der Waals surface area (Å²) in [6.45, 7) is 3.28. The van der Waals surface area contributed by atoms with Crippen molar-refractivity contribution in [3.8, 4) is 11.5 Å². The molecule has 0 aliphatic heterocycles. The van der Waals surface area contributed by atoms with Gasteiger partial charge in [-0.3, -0.25) is 4.79 Å². The third-order valence-corrected chi connectivity index (χ3v) is 3.79. The molecule has 4 heteroatoms. The fourth-order valence-corrected chi connectivity index (χ4v) is 2.45. The monoisotopic (exact) mass is 313 g/mol. The molecule has 122 valence electrons. The van der Waals surface area contributed by atoms with Crippen LogP contribution in [0.5, 0.6) is 11.5 Å². The highest BCUT2D eigenvalue weighted by Gasteiger charge is 2.15. The van der Waals surface area contributed by atoms with Gasteiger partial charge >= 0.3 is 0 Å². The third kappa shape index (κ3) is 4.49. The van der Waals surface area contributed by atoms with E-state index in [-0.39, 0.29) is 5.91 Å². The SMILES string of the molecule is CCN(Cc1ccccc1)C(=O)Cc1ccc(OC)cc1OC. The molecule has 4 nitrogen and oxygen atoms in total. The van der Waals surface area contributed by atoms with Crippen LogP contribution in [0.3, 0.4) is 0 Å². The predicted octanol–water partition coefficient (Wildman–Crippen LogP) is 3.30. The van der Waals surface area contributed by atoms with Crippen molar-refractivity contribution in [2.24, 2.45) is 0 Å². The van der Waals surface area contributed by atoms with Gasteiger partial charge in [0.2, 0.25) is 5.91 Å². The molecule has 2 rings (SSSR count). The first-order valence-electron chi connectivity index (χ1n) is 7.70. The number of benzene rings is 2. The summed E-state index contributed by atoms with van der Waals surface area (Å²) in [7, 11) is 3.21. The van der Waals surface area contributed by atoms with Crippen molar-refractivity contribution in [2.75, 3.05) is 20.8 Å². The summed E-state index contributed by atoms with van der Waals surface area (Å²) < 4.78 is 10.6. The number of rotatable bonds is 7. The Bertz CT molecular complexity index is 640. The van der Waals surface area contributed by atoms with E-state index in [9.17, 15) is 4.79 Å². The van der Waals surface area contributed by atoms with E-state index >= 15 is 0 Å². The predicted molar refractivity (Wildman–Crippen MR) is 90.8 cm³/mol. The van der Waals surface area contributed by atoms with E-state index in [2.05, 4.69) is 0 Å². The van der Waals surface area contributed by atoms with Crippen LogP contribution < -0.4 is 9.47 Å². The average molecular weight is 313 g/mol. The number of ether oxygens (including phenoxy) is 2. The molecule has 0 unspecified atom stereocenters. The molecule has 0 aromatic heterocycles. The Morgan fingerprint density at radius 3 is 2.39 bits per heavy atom. The molecule has 0 radical (unpaired) electrons. The topological polar surface area (TPSA) is 38.8 Å². The van der Waals surface area contributed by atoms with Crippen LogP contribution in [0, 0.1) is 0 Å². The fraction of sp³-hybridized carbons (Fsp3) is 0.316. The van der Waals surface area contributed by atoms with Crippen molar-refractivity contribution >= 4 is 5.91 Å². The summed E-state index contributed by atoms with van der Waals surface area (Å²) in [5.74, 6) is 1.47. The van der Waals surface area contributed by atoms with E-state index < -0.39 is 0 Å². The third-order valence-electron chi connectivity index (χ3n) is 3.79. The van der Waals surface area contributed by atoms with Crippen LogP contribution in [0.25, 0.3) is 0 Å². The Morgan fingerprint density at radius 1 is 1.04 bits per heavy atom. The minimum atomic E-state index is 0.0832. The number of hydrogen-bond acceptors (Lipinski definition) is 3. The first-order chi connectivity index (χ1) is 11.2. The van der Waals surface area contributed by atoms with Gasteiger partial charge in [-0.2, -0.15) is 0 Å². The van der Waals surface area contributed by atoms with Gasteiger partial charge in [0.25, 0.3) is 0 Å². The molecule has 0 aliphatic carbocycles. The van der Waals surface area contributed by atoms with Crippen LogP contribution in [0.2, 0.25) is 0 Å². The molecule has 0 atom stereocenters. The molecular formula is C19H23NO3. The summed E-state index contributed by atoms with van der Waals surface area (Å²) in [5.41, 5.74) is 1.99. The van der Waals surface area contributed by atoms with Crippen molar-refractivity contribution < 1.29 is 14.3 Å². The number of carbonyl (C=O) groups excluding carboxylic acids is 1. The van der Waals surface area contributed by atoms with Gasteiger partial charge in [-0.1, -0.05) is 36.4 Å². The molecule has 0 N–H and O–H groups in total. The Hall–Kier alpha value is -2.49. The lowest BCUT2D eigenvalue weighted by Gasteiger charge is -2.21. The summed E-state index contributed by atoms with van der Waals surface area (Å²) in [4.78, 5) is 14.5. The van der Waals surface area contributed by atoms with E-state index in [1.165, 1.54) is 0 Å². The molecular weight excluding hydrogens is 290 g/mol. The van der Waals surface area contributed by atoms with E-state index in [0.29, 0.717) is 25.3 Å². The Morgan fingerprint density at radius 2 is 1.78 bits per heavy atom. The number of hydrogen-bond donors (Lipinski definition) is 0. The minimum absolute atomic E-state index is 0.0832. The summed E-state index contributed by atoms with van der Waals surface area (Å²) >= 11 is 0. The van der Waals surface area contributed by atoms with Gasteiger partial charge in [-0.05, 0) is 18.6 Å². The van der Waals surface area contributed by atoms with Crippen LogP contribution in [0.15, 0.2) is 48.5 Å². The van der Waals surface area contributed by atoms with Crippen molar-refractivity contribution in [3.05, 3.63) is 59.7 Å². The van der Waals surface area contributed by atoms with Crippen LogP contribution in [0.1, 0.15) is 18.1 Å². The normalized spacial score (nSPS) is 10.2. The van der Waals surface area contributed by atoms with Crippen molar-refractivity contribution in [1.82, 2.24) is 4.90 Å². The molecule has 2 aromatic carbocycles. The maximum Gasteiger partial charge on any atom is 0.227 e. The second-order valence-electron chi connectivity index (χ2n) is 5.25. The second kappa shape index (κ2) is 8.22. The standard InChI is InChI=1S/C19H23NO3/c1-4-20(14-15-8-6-5-7-9-15)19(21)12-16-10-11-17(22-2)13-18(16)23-3/h5-11,13H,4,12,14H2,1-3H3. The molecule has 2 aromatic rings. The summed E-state index contributed by atoms with van der Waals surface area (Å²) in [5, 5.41) is 0. The molecule has 0 bridgehead atoms. The van der Waals surface area contributed by atoms with Crippen LogP contribution >= 0.6 is 0 Å². The lowest BCUT2D eigenvalue weighted by Crippen LogP contribution is -2.31. The highest BCUT2D eigenvalue weighted by molar-refractivity contribution is 5.79. The molecule has 0 fully saturated rings. The molecule has 0 spiro atoms. The first kappa shape index (κ1) is 16.9. The van der Waals surface area contributed by atoms with E-state index in [1.807, 2.05) is 54.3 Å². The van der Waals surface area contributed by atoms with Crippen LogP contribution in [-0.2, 0) is 17.8 Å². The smallest absolute Gasteiger partial charge is 0.227 e. The zero-order valence-electron chi connectivity index (χ0n) is 13.9. The number of methoxy groups -OCH3 is 2. The number of nitrogens with zero attached hydrogens (tertiary/aromatic N) is 1. The van der Waals surface area contributed by atoms with E-state index in [0.717, 1.165) is 16.9 Å². The number of carbonyl (C=O) groups is 1. The first-order valence-corrected chi connectivity index (χ1v) is 7.70. The molecule has 0 saturated carbocycles. The quantitative estimate of drug-likeness (QED) is 0.787. The van der Waals surface area contributed by atoms with E-state index in [4.69, 9.17) is 9.47 Å². The zero-order chi connectivity index (χ0) is 16.7. The largest absolute Gasteiger partial charge is 0.497 e. The highest BCUT2D eigenvalue weighted by atomic mass is 16.5. The fourth-order valence-electron chi connectivity index (χ4n) is 2.45. The minimum Gasteiger partial charge on any atom is -0.497 e.